The Hall–Kier alpha value is -3.44. The first-order valence-corrected chi connectivity index (χ1v) is 9.06. The predicted molar refractivity (Wildman–Crippen MR) is 112 cm³/mol. The molecule has 0 unspecified atom stereocenters. The van der Waals surface area contributed by atoms with Gasteiger partial charge in [-0.1, -0.05) is 28.1 Å². The second-order valence-corrected chi connectivity index (χ2v) is 6.71. The van der Waals surface area contributed by atoms with Gasteiger partial charge in [0, 0.05) is 10.0 Å². The van der Waals surface area contributed by atoms with Gasteiger partial charge in [-0.15, -0.1) is 0 Å². The number of hydrogen-bond acceptors (Lipinski definition) is 6. The van der Waals surface area contributed by atoms with Crippen LogP contribution in [-0.4, -0.2) is 22.8 Å². The first-order chi connectivity index (χ1) is 13.5. The molecule has 3 rings (SSSR count). The molecular weight excluding hydrogens is 422 g/mol. The molecule has 0 saturated carbocycles. The second-order valence-electron chi connectivity index (χ2n) is 5.79. The minimum atomic E-state index is -0.540. The number of methoxy groups -OCH3 is 1. The second kappa shape index (κ2) is 8.50. The van der Waals surface area contributed by atoms with Crippen molar-refractivity contribution in [3.63, 3.8) is 0 Å². The number of hydrogen-bond donors (Lipinski definition) is 2. The highest BCUT2D eigenvalue weighted by Crippen LogP contribution is 2.23. The Morgan fingerprint density at radius 1 is 1.21 bits per heavy atom. The lowest BCUT2D eigenvalue weighted by Crippen LogP contribution is -2.16. The van der Waals surface area contributed by atoms with E-state index < -0.39 is 5.56 Å². The van der Waals surface area contributed by atoms with Gasteiger partial charge in [0.1, 0.15) is 17.4 Å². The molecule has 0 bridgehead atoms. The largest absolute Gasteiger partial charge is 0.497 e. The van der Waals surface area contributed by atoms with Crippen LogP contribution in [0.5, 0.6) is 5.75 Å². The lowest BCUT2D eigenvalue weighted by atomic mass is 10.1. The average Bonchev–Trinajstić information content (AvgIpc) is 2.72. The number of nitrogens with zero attached hydrogens (tertiary/aromatic N) is 3. The number of halogens is 1. The van der Waals surface area contributed by atoms with Crippen molar-refractivity contribution in [3.05, 3.63) is 74.5 Å². The van der Waals surface area contributed by atoms with Crippen LogP contribution in [0.3, 0.4) is 0 Å². The molecule has 0 radical (unpaired) electrons. The molecule has 7 nitrogen and oxygen atoms in total. The molecule has 0 aliphatic rings. The van der Waals surface area contributed by atoms with E-state index in [0.29, 0.717) is 17.0 Å². The topological polar surface area (TPSA) is 103 Å². The molecule has 2 aromatic carbocycles. The van der Waals surface area contributed by atoms with Crippen molar-refractivity contribution < 1.29 is 4.74 Å². The third kappa shape index (κ3) is 4.27. The first-order valence-electron chi connectivity index (χ1n) is 8.27. The van der Waals surface area contributed by atoms with Crippen molar-refractivity contribution in [1.82, 2.24) is 9.97 Å². The minimum Gasteiger partial charge on any atom is -0.497 e. The highest BCUT2D eigenvalue weighted by molar-refractivity contribution is 9.10. The minimum absolute atomic E-state index is 0.0654. The Morgan fingerprint density at radius 2 is 1.89 bits per heavy atom. The maximum Gasteiger partial charge on any atom is 0.270 e. The summed E-state index contributed by atoms with van der Waals surface area (Å²) in [6.45, 7) is 1.84. The van der Waals surface area contributed by atoms with Crippen molar-refractivity contribution in [2.24, 2.45) is 5.10 Å². The smallest absolute Gasteiger partial charge is 0.270 e. The lowest BCUT2D eigenvalue weighted by molar-refractivity contribution is 0.415. The quantitative estimate of drug-likeness (QED) is 0.465. The molecule has 0 spiro atoms. The molecule has 2 N–H and O–H groups in total. The highest BCUT2D eigenvalue weighted by Gasteiger charge is 2.13. The normalized spacial score (nSPS) is 11.0. The van der Waals surface area contributed by atoms with E-state index in [0.717, 1.165) is 10.0 Å². The molecule has 0 fully saturated rings. The van der Waals surface area contributed by atoms with Gasteiger partial charge in [0.25, 0.3) is 5.56 Å². The Balaban J connectivity index is 1.95. The van der Waals surface area contributed by atoms with Gasteiger partial charge in [-0.05, 0) is 48.9 Å². The molecule has 0 amide bonds. The maximum absolute atomic E-state index is 12.3. The molecule has 140 valence electrons. The molecule has 0 atom stereocenters. The van der Waals surface area contributed by atoms with Gasteiger partial charge in [-0.25, -0.2) is 10.4 Å². The van der Waals surface area contributed by atoms with Crippen LogP contribution in [0, 0.1) is 11.3 Å². The first kappa shape index (κ1) is 19.3. The maximum atomic E-state index is 12.3. The Bertz CT molecular complexity index is 1110. The number of rotatable bonds is 5. The monoisotopic (exact) mass is 437 g/mol. The Labute approximate surface area is 169 Å². The summed E-state index contributed by atoms with van der Waals surface area (Å²) in [5.41, 5.74) is 4.68. The Kier molecular flexibility index (Phi) is 5.87. The van der Waals surface area contributed by atoms with Crippen LogP contribution in [-0.2, 0) is 0 Å². The number of aromatic amines is 1. The van der Waals surface area contributed by atoms with Gasteiger partial charge >= 0.3 is 0 Å². The summed E-state index contributed by atoms with van der Waals surface area (Å²) in [5, 5.41) is 13.6. The molecule has 0 aliphatic heterocycles. The van der Waals surface area contributed by atoms with E-state index >= 15 is 0 Å². The number of benzene rings is 2. The predicted octanol–water partition coefficient (Wildman–Crippen LogP) is 3.92. The number of aromatic nitrogens is 2. The number of hydrazone groups is 1. The van der Waals surface area contributed by atoms with Crippen molar-refractivity contribution in [1.29, 1.82) is 5.26 Å². The Morgan fingerprint density at radius 3 is 2.50 bits per heavy atom. The third-order valence-electron chi connectivity index (χ3n) is 3.99. The summed E-state index contributed by atoms with van der Waals surface area (Å²) >= 11 is 3.39. The van der Waals surface area contributed by atoms with Crippen molar-refractivity contribution >= 4 is 27.6 Å². The van der Waals surface area contributed by atoms with E-state index in [1.54, 1.807) is 31.4 Å². The van der Waals surface area contributed by atoms with E-state index in [1.165, 1.54) is 0 Å². The summed E-state index contributed by atoms with van der Waals surface area (Å²) in [6, 6.07) is 16.5. The number of nitriles is 1. The standard InChI is InChI=1S/C20H16BrN5O2/c1-12(13-3-7-15(21)8-4-13)25-26-20-23-18(17(11-22)19(27)24-20)14-5-9-16(28-2)10-6-14/h3-10H,1-2H3,(H2,23,24,26,27)/b25-12-. The molecule has 8 heteroatoms. The fraction of sp³-hybridized carbons (Fsp3) is 0.100. The van der Waals surface area contributed by atoms with Crippen molar-refractivity contribution in [2.45, 2.75) is 6.92 Å². The van der Waals surface area contributed by atoms with Crippen molar-refractivity contribution in [2.75, 3.05) is 12.5 Å². The molecule has 0 saturated heterocycles. The zero-order chi connectivity index (χ0) is 20.1. The van der Waals surface area contributed by atoms with Crippen LogP contribution in [0.4, 0.5) is 5.95 Å². The van der Waals surface area contributed by atoms with Crippen LogP contribution < -0.4 is 15.7 Å². The molecule has 3 aromatic rings. The van der Waals surface area contributed by atoms with E-state index in [-0.39, 0.29) is 17.2 Å². The molecule has 1 heterocycles. The van der Waals surface area contributed by atoms with E-state index in [9.17, 15) is 10.1 Å². The zero-order valence-electron chi connectivity index (χ0n) is 15.2. The number of ether oxygens (including phenoxy) is 1. The lowest BCUT2D eigenvalue weighted by Gasteiger charge is -2.08. The highest BCUT2D eigenvalue weighted by atomic mass is 79.9. The summed E-state index contributed by atoms with van der Waals surface area (Å²) in [6.07, 6.45) is 0. The van der Waals surface area contributed by atoms with Gasteiger partial charge in [0.15, 0.2) is 0 Å². The van der Waals surface area contributed by atoms with E-state index in [4.69, 9.17) is 4.74 Å². The molecule has 1 aromatic heterocycles. The molecule has 0 aliphatic carbocycles. The van der Waals surface area contributed by atoms with E-state index in [1.807, 2.05) is 37.3 Å². The van der Waals surface area contributed by atoms with Crippen molar-refractivity contribution in [3.8, 4) is 23.1 Å². The fourth-order valence-corrected chi connectivity index (χ4v) is 2.74. The fourth-order valence-electron chi connectivity index (χ4n) is 2.48. The van der Waals surface area contributed by atoms with Gasteiger partial charge in [-0.3, -0.25) is 9.78 Å². The number of H-pyrrole nitrogens is 1. The number of anilines is 1. The van der Waals surface area contributed by atoms with Crippen LogP contribution in [0.15, 0.2) is 62.9 Å². The third-order valence-corrected chi connectivity index (χ3v) is 4.51. The summed E-state index contributed by atoms with van der Waals surface area (Å²) in [4.78, 5) is 19.2. The van der Waals surface area contributed by atoms with Gasteiger partial charge < -0.3 is 4.74 Å². The molecule has 28 heavy (non-hydrogen) atoms. The van der Waals surface area contributed by atoms with Gasteiger partial charge in [0.2, 0.25) is 5.95 Å². The van der Waals surface area contributed by atoms with Crippen LogP contribution in [0.1, 0.15) is 18.1 Å². The van der Waals surface area contributed by atoms with Gasteiger partial charge in [-0.2, -0.15) is 10.4 Å². The number of nitrogens with one attached hydrogen (secondary N) is 2. The van der Waals surface area contributed by atoms with Crippen LogP contribution in [0.2, 0.25) is 0 Å². The van der Waals surface area contributed by atoms with Crippen LogP contribution >= 0.6 is 15.9 Å². The zero-order valence-corrected chi connectivity index (χ0v) is 16.7. The summed E-state index contributed by atoms with van der Waals surface area (Å²) < 4.78 is 6.11. The van der Waals surface area contributed by atoms with Crippen LogP contribution in [0.25, 0.3) is 11.3 Å². The summed E-state index contributed by atoms with van der Waals surface area (Å²) in [7, 11) is 1.56. The SMILES string of the molecule is COc1ccc(-c2nc(N/N=C(/C)c3ccc(Br)cc3)[nH]c(=O)c2C#N)cc1. The summed E-state index contributed by atoms with van der Waals surface area (Å²) in [5.74, 6) is 0.812. The molecular formula is C20H16BrN5O2. The van der Waals surface area contributed by atoms with E-state index in [2.05, 4.69) is 36.4 Å². The van der Waals surface area contributed by atoms with Gasteiger partial charge in [0.05, 0.1) is 18.5 Å². The average molecular weight is 438 g/mol.